The highest BCUT2D eigenvalue weighted by Gasteiger charge is 2.74. The molecule has 1 spiro atoms. The van der Waals surface area contributed by atoms with Crippen molar-refractivity contribution >= 4 is 11.9 Å². The highest BCUT2D eigenvalue weighted by Crippen LogP contribution is 2.65. The molecule has 0 aromatic rings. The van der Waals surface area contributed by atoms with E-state index in [9.17, 15) is 9.59 Å². The van der Waals surface area contributed by atoms with E-state index in [4.69, 9.17) is 9.47 Å². The summed E-state index contributed by atoms with van der Waals surface area (Å²) in [6.07, 6.45) is 10.2. The fraction of sp³-hybridized carbons (Fsp3) is 0.923. The monoisotopic (exact) mass is 444 g/mol. The molecule has 0 aromatic heterocycles. The number of hydrogen-bond acceptors (Lipinski definition) is 6. The van der Waals surface area contributed by atoms with Crippen molar-refractivity contribution in [3.8, 4) is 0 Å². The largest absolute Gasteiger partial charge is 0.422 e. The molecule has 7 atom stereocenters. The lowest BCUT2D eigenvalue weighted by Gasteiger charge is -2.60. The summed E-state index contributed by atoms with van der Waals surface area (Å²) in [7, 11) is 0. The average Bonchev–Trinajstić information content (AvgIpc) is 2.90. The molecule has 6 rings (SSSR count). The van der Waals surface area contributed by atoms with E-state index in [0.717, 1.165) is 25.7 Å². The van der Waals surface area contributed by atoms with Crippen molar-refractivity contribution in [2.24, 2.45) is 28.1 Å². The van der Waals surface area contributed by atoms with Crippen molar-refractivity contribution in [3.63, 3.8) is 0 Å². The van der Waals surface area contributed by atoms with E-state index >= 15 is 0 Å². The topological polar surface area (TPSA) is 67.9 Å². The van der Waals surface area contributed by atoms with Gasteiger partial charge in [-0.15, -0.1) is 0 Å². The smallest absolute Gasteiger partial charge is 0.328 e. The van der Waals surface area contributed by atoms with Gasteiger partial charge in [0.25, 0.3) is 5.79 Å². The lowest BCUT2D eigenvalue weighted by Crippen LogP contribution is -2.74. The summed E-state index contributed by atoms with van der Waals surface area (Å²) in [5.74, 6) is -0.944. The molecule has 0 amide bonds. The van der Waals surface area contributed by atoms with E-state index in [2.05, 4.69) is 31.0 Å². The lowest BCUT2D eigenvalue weighted by atomic mass is 9.55. The predicted octanol–water partition coefficient (Wildman–Crippen LogP) is 3.98. The molecule has 6 fully saturated rings. The Balaban J connectivity index is 1.47. The molecule has 7 unspecified atom stereocenters. The number of ether oxygens (including phenoxy) is 2. The third-order valence-corrected chi connectivity index (χ3v) is 9.88. The van der Waals surface area contributed by atoms with Gasteiger partial charge in [-0.25, -0.2) is 0 Å². The van der Waals surface area contributed by atoms with Gasteiger partial charge in [0.15, 0.2) is 5.41 Å². The minimum Gasteiger partial charge on any atom is -0.422 e. The van der Waals surface area contributed by atoms with Crippen molar-refractivity contribution < 1.29 is 19.1 Å². The van der Waals surface area contributed by atoms with Crippen LogP contribution in [-0.4, -0.2) is 46.9 Å². The first-order valence-electron chi connectivity index (χ1n) is 12.9. The number of cyclic esters (lactones) is 2. The Morgan fingerprint density at radius 3 is 2.31 bits per heavy atom. The maximum Gasteiger partial charge on any atom is 0.328 e. The van der Waals surface area contributed by atoms with Gasteiger partial charge in [0.2, 0.25) is 0 Å². The first kappa shape index (κ1) is 21.4. The fourth-order valence-corrected chi connectivity index (χ4v) is 9.47. The summed E-state index contributed by atoms with van der Waals surface area (Å²) in [6.45, 7) is 10.4. The van der Waals surface area contributed by atoms with E-state index in [1.54, 1.807) is 13.8 Å². The first-order valence-corrected chi connectivity index (χ1v) is 12.9. The van der Waals surface area contributed by atoms with Crippen LogP contribution in [0.1, 0.15) is 92.4 Å². The summed E-state index contributed by atoms with van der Waals surface area (Å²) in [5.41, 5.74) is -1.12. The van der Waals surface area contributed by atoms with Crippen LogP contribution in [0.3, 0.4) is 0 Å². The number of carbonyl (C=O) groups is 2. The molecule has 0 radical (unpaired) electrons. The number of hydrogen-bond donors (Lipinski definition) is 1. The maximum atomic E-state index is 13.8. The number of nitrogens with zero attached hydrogens (tertiary/aromatic N) is 1. The summed E-state index contributed by atoms with van der Waals surface area (Å²) in [4.78, 5) is 30.2. The Hall–Kier alpha value is -1.14. The van der Waals surface area contributed by atoms with Crippen LogP contribution in [0.25, 0.3) is 0 Å². The molecule has 6 heteroatoms. The average molecular weight is 445 g/mol. The molecule has 0 aromatic carbocycles. The molecule has 6 aliphatic rings. The van der Waals surface area contributed by atoms with Gasteiger partial charge in [0.05, 0.1) is 6.17 Å². The molecular formula is C26H40N2O4. The van der Waals surface area contributed by atoms with Crippen molar-refractivity contribution in [1.29, 1.82) is 0 Å². The second kappa shape index (κ2) is 6.50. The second-order valence-electron chi connectivity index (χ2n) is 13.5. The number of rotatable bonds is 0. The van der Waals surface area contributed by atoms with Gasteiger partial charge in [-0.2, -0.15) is 0 Å². The first-order chi connectivity index (χ1) is 14.9. The fourth-order valence-electron chi connectivity index (χ4n) is 9.47. The van der Waals surface area contributed by atoms with Gasteiger partial charge >= 0.3 is 11.9 Å². The Labute approximate surface area is 192 Å². The van der Waals surface area contributed by atoms with Crippen molar-refractivity contribution in [2.45, 2.75) is 122 Å². The van der Waals surface area contributed by atoms with Gasteiger partial charge in [0, 0.05) is 32.0 Å². The molecular weight excluding hydrogens is 404 g/mol. The summed E-state index contributed by atoms with van der Waals surface area (Å²) >= 11 is 0. The normalized spacial score (nSPS) is 48.3. The molecule has 2 bridgehead atoms. The van der Waals surface area contributed by atoms with Crippen LogP contribution in [0.4, 0.5) is 0 Å². The SMILES string of the molecule is CC1(C)CC2CC(C)(C1)C1N2C2NC3CCCCC3CC2CC12C(=O)OC(C)(C)OC2=O. The van der Waals surface area contributed by atoms with E-state index in [1.807, 2.05) is 0 Å². The maximum absolute atomic E-state index is 13.8. The van der Waals surface area contributed by atoms with E-state index < -0.39 is 11.2 Å². The van der Waals surface area contributed by atoms with Crippen LogP contribution in [0.5, 0.6) is 0 Å². The van der Waals surface area contributed by atoms with Crippen LogP contribution in [0.2, 0.25) is 0 Å². The molecule has 6 nitrogen and oxygen atoms in total. The van der Waals surface area contributed by atoms with Crippen molar-refractivity contribution in [1.82, 2.24) is 10.2 Å². The predicted molar refractivity (Wildman–Crippen MR) is 119 cm³/mol. The molecule has 1 N–H and O–H groups in total. The molecule has 4 heterocycles. The minimum absolute atomic E-state index is 0.109. The van der Waals surface area contributed by atoms with Crippen LogP contribution in [0.15, 0.2) is 0 Å². The highest BCUT2D eigenvalue weighted by molar-refractivity contribution is 6.03. The Morgan fingerprint density at radius 2 is 1.59 bits per heavy atom. The van der Waals surface area contributed by atoms with Crippen LogP contribution in [0, 0.1) is 28.1 Å². The third kappa shape index (κ3) is 2.84. The second-order valence-corrected chi connectivity index (χ2v) is 13.5. The summed E-state index contributed by atoms with van der Waals surface area (Å²) < 4.78 is 11.7. The number of fused-ring (bicyclic) bond motifs is 9. The third-order valence-electron chi connectivity index (χ3n) is 9.88. The summed E-state index contributed by atoms with van der Waals surface area (Å²) in [5, 5.41) is 4.08. The number of carbonyl (C=O) groups excluding carboxylic acids is 2. The van der Waals surface area contributed by atoms with E-state index in [1.165, 1.54) is 25.7 Å². The van der Waals surface area contributed by atoms with Crippen LogP contribution in [-0.2, 0) is 19.1 Å². The molecule has 4 aliphatic heterocycles. The number of esters is 2. The Kier molecular flexibility index (Phi) is 4.35. The van der Waals surface area contributed by atoms with Gasteiger partial charge in [-0.05, 0) is 67.6 Å². The highest BCUT2D eigenvalue weighted by atomic mass is 16.7. The van der Waals surface area contributed by atoms with E-state index in [-0.39, 0.29) is 40.9 Å². The molecule has 178 valence electrons. The van der Waals surface area contributed by atoms with Crippen molar-refractivity contribution in [3.05, 3.63) is 0 Å². The Bertz CT molecular complexity index is 833. The standard InChI is InChI=1S/C26H40N2O4/c1-23(2)12-17-13-25(5,14-23)20-26(21(29)31-24(3,4)32-22(26)30)11-16-10-15-8-6-7-9-18(15)27-19(16)28(17)20/h15-20,27H,6-14H2,1-5H3. The minimum atomic E-state index is -1.20. The number of nitrogens with one attached hydrogen (secondary N) is 1. The zero-order chi connectivity index (χ0) is 22.7. The van der Waals surface area contributed by atoms with Gasteiger partial charge < -0.3 is 9.47 Å². The zero-order valence-corrected chi connectivity index (χ0v) is 20.4. The van der Waals surface area contributed by atoms with Crippen LogP contribution < -0.4 is 5.32 Å². The van der Waals surface area contributed by atoms with E-state index in [0.29, 0.717) is 24.4 Å². The molecule has 2 saturated carbocycles. The Morgan fingerprint density at radius 1 is 0.906 bits per heavy atom. The quantitative estimate of drug-likeness (QED) is 0.450. The van der Waals surface area contributed by atoms with Crippen LogP contribution >= 0.6 is 0 Å². The molecule has 4 saturated heterocycles. The summed E-state index contributed by atoms with van der Waals surface area (Å²) in [6, 6.07) is 0.804. The zero-order valence-electron chi connectivity index (χ0n) is 20.4. The van der Waals surface area contributed by atoms with Gasteiger partial charge in [0.1, 0.15) is 0 Å². The van der Waals surface area contributed by atoms with Gasteiger partial charge in [-0.1, -0.05) is 33.6 Å². The molecule has 32 heavy (non-hydrogen) atoms. The van der Waals surface area contributed by atoms with Crippen molar-refractivity contribution in [2.75, 3.05) is 0 Å². The van der Waals surface area contributed by atoms with Gasteiger partial charge in [-0.3, -0.25) is 19.8 Å². The lowest BCUT2D eigenvalue weighted by molar-refractivity contribution is -0.266. The number of piperidine rings is 2. The molecule has 2 aliphatic carbocycles.